The average Bonchev–Trinajstić information content (AvgIpc) is 3.20. The van der Waals surface area contributed by atoms with E-state index in [1.54, 1.807) is 7.11 Å². The summed E-state index contributed by atoms with van der Waals surface area (Å²) in [6, 6.07) is 22.4. The van der Waals surface area contributed by atoms with Gasteiger partial charge in [-0.15, -0.1) is 0 Å². The van der Waals surface area contributed by atoms with Gasteiger partial charge in [-0.3, -0.25) is 4.98 Å². The van der Waals surface area contributed by atoms with Gasteiger partial charge in [-0.05, 0) is 56.3 Å². The average molecular weight is 409 g/mol. The summed E-state index contributed by atoms with van der Waals surface area (Å²) in [4.78, 5) is 4.72. The van der Waals surface area contributed by atoms with Crippen molar-refractivity contribution in [3.63, 3.8) is 0 Å². The highest BCUT2D eigenvalue weighted by molar-refractivity contribution is 6.09. The smallest absolute Gasteiger partial charge is 0.120 e. The van der Waals surface area contributed by atoms with Crippen molar-refractivity contribution in [2.75, 3.05) is 13.7 Å². The fourth-order valence-electron chi connectivity index (χ4n) is 3.88. The van der Waals surface area contributed by atoms with Crippen LogP contribution in [0.2, 0.25) is 0 Å². The van der Waals surface area contributed by atoms with Crippen molar-refractivity contribution in [1.82, 2.24) is 14.8 Å². The molecule has 0 aliphatic carbocycles. The number of aryl methyl sites for hydroxylation is 1. The van der Waals surface area contributed by atoms with Gasteiger partial charge in [0.2, 0.25) is 0 Å². The second-order valence-corrected chi connectivity index (χ2v) is 7.46. The molecule has 5 nitrogen and oxygen atoms in total. The molecule has 2 heterocycles. The lowest BCUT2D eigenvalue weighted by Gasteiger charge is -2.08. The first-order chi connectivity index (χ1) is 15.2. The highest BCUT2D eigenvalue weighted by atomic mass is 16.5. The number of aromatic nitrogens is 3. The molecule has 154 valence electrons. The Morgan fingerprint density at radius 1 is 0.903 bits per heavy atom. The van der Waals surface area contributed by atoms with Crippen LogP contribution >= 0.6 is 0 Å². The summed E-state index contributed by atoms with van der Waals surface area (Å²) in [5.41, 5.74) is 5.97. The number of hydrogen-bond donors (Lipinski definition) is 0. The molecule has 5 rings (SSSR count). The van der Waals surface area contributed by atoms with E-state index < -0.39 is 0 Å². The molecule has 0 aliphatic heterocycles. The van der Waals surface area contributed by atoms with E-state index >= 15 is 0 Å². The standard InChI is InChI=1S/C26H23N3O2/c1-4-31-21-12-13-24-22(15-21)26-23(16-27-24)25(18-6-5-7-20(14-18)30-3)28-29(26)19-10-8-17(2)9-11-19/h5-16H,4H2,1-3H3. The third-order valence-electron chi connectivity index (χ3n) is 5.41. The quantitative estimate of drug-likeness (QED) is 0.360. The maximum atomic E-state index is 5.77. The van der Waals surface area contributed by atoms with Crippen LogP contribution in [0.25, 0.3) is 38.8 Å². The number of benzene rings is 3. The molecule has 0 unspecified atom stereocenters. The number of ether oxygens (including phenoxy) is 2. The SMILES string of the molecule is CCOc1ccc2ncc3c(-c4cccc(OC)c4)nn(-c4ccc(C)cc4)c3c2c1. The summed E-state index contributed by atoms with van der Waals surface area (Å²) in [6.07, 6.45) is 1.91. The first-order valence-corrected chi connectivity index (χ1v) is 10.3. The Morgan fingerprint density at radius 3 is 2.52 bits per heavy atom. The summed E-state index contributed by atoms with van der Waals surface area (Å²) in [6.45, 7) is 4.68. The number of fused-ring (bicyclic) bond motifs is 3. The monoisotopic (exact) mass is 409 g/mol. The van der Waals surface area contributed by atoms with Crippen LogP contribution in [0.5, 0.6) is 11.5 Å². The van der Waals surface area contributed by atoms with Gasteiger partial charge in [-0.1, -0.05) is 29.8 Å². The van der Waals surface area contributed by atoms with Gasteiger partial charge in [0.05, 0.1) is 30.4 Å². The van der Waals surface area contributed by atoms with E-state index in [1.807, 2.05) is 54.2 Å². The topological polar surface area (TPSA) is 49.2 Å². The summed E-state index contributed by atoms with van der Waals surface area (Å²) in [7, 11) is 1.67. The lowest BCUT2D eigenvalue weighted by atomic mass is 10.1. The molecule has 0 N–H and O–H groups in total. The first-order valence-electron chi connectivity index (χ1n) is 10.3. The molecule has 0 saturated carbocycles. The lowest BCUT2D eigenvalue weighted by Crippen LogP contribution is -1.98. The van der Waals surface area contributed by atoms with E-state index in [0.717, 1.165) is 50.2 Å². The Hall–Kier alpha value is -3.86. The van der Waals surface area contributed by atoms with Crippen molar-refractivity contribution >= 4 is 21.8 Å². The van der Waals surface area contributed by atoms with E-state index in [2.05, 4.69) is 37.3 Å². The third kappa shape index (κ3) is 3.38. The van der Waals surface area contributed by atoms with Crippen molar-refractivity contribution in [2.24, 2.45) is 0 Å². The van der Waals surface area contributed by atoms with Crippen molar-refractivity contribution in [1.29, 1.82) is 0 Å². The molecule has 0 spiro atoms. The molecule has 31 heavy (non-hydrogen) atoms. The van der Waals surface area contributed by atoms with Crippen molar-refractivity contribution in [2.45, 2.75) is 13.8 Å². The van der Waals surface area contributed by atoms with E-state index in [-0.39, 0.29) is 0 Å². The van der Waals surface area contributed by atoms with Crippen molar-refractivity contribution in [3.8, 4) is 28.4 Å². The minimum Gasteiger partial charge on any atom is -0.497 e. The maximum Gasteiger partial charge on any atom is 0.120 e. The molecule has 0 bridgehead atoms. The normalized spacial score (nSPS) is 11.2. The van der Waals surface area contributed by atoms with Crippen LogP contribution in [-0.2, 0) is 0 Å². The predicted molar refractivity (Wildman–Crippen MR) is 124 cm³/mol. The molecule has 0 saturated heterocycles. The molecular weight excluding hydrogens is 386 g/mol. The molecule has 0 fully saturated rings. The Morgan fingerprint density at radius 2 is 1.74 bits per heavy atom. The number of hydrogen-bond acceptors (Lipinski definition) is 4. The van der Waals surface area contributed by atoms with Crippen LogP contribution in [0.4, 0.5) is 0 Å². The highest BCUT2D eigenvalue weighted by Crippen LogP contribution is 2.35. The van der Waals surface area contributed by atoms with Gasteiger partial charge < -0.3 is 9.47 Å². The van der Waals surface area contributed by atoms with Gasteiger partial charge in [-0.25, -0.2) is 4.68 Å². The molecule has 2 aromatic heterocycles. The summed E-state index contributed by atoms with van der Waals surface area (Å²) in [5.74, 6) is 1.62. The Balaban J connectivity index is 1.85. The van der Waals surface area contributed by atoms with Crippen LogP contribution in [0, 0.1) is 6.92 Å². The fourth-order valence-corrected chi connectivity index (χ4v) is 3.88. The number of nitrogens with zero attached hydrogens (tertiary/aromatic N) is 3. The molecule has 0 aliphatic rings. The Kier molecular flexibility index (Phi) is 4.79. The van der Waals surface area contributed by atoms with E-state index in [0.29, 0.717) is 6.61 Å². The zero-order valence-electron chi connectivity index (χ0n) is 17.8. The summed E-state index contributed by atoms with van der Waals surface area (Å²) < 4.78 is 13.2. The predicted octanol–water partition coefficient (Wildman–Crippen LogP) is 5.96. The van der Waals surface area contributed by atoms with E-state index in [1.165, 1.54) is 5.56 Å². The largest absolute Gasteiger partial charge is 0.497 e. The second kappa shape index (κ2) is 7.76. The molecular formula is C26H23N3O2. The molecule has 5 aromatic rings. The van der Waals surface area contributed by atoms with Gasteiger partial charge in [0, 0.05) is 22.5 Å². The Labute approximate surface area is 180 Å². The van der Waals surface area contributed by atoms with Crippen LogP contribution < -0.4 is 9.47 Å². The zero-order valence-corrected chi connectivity index (χ0v) is 17.8. The van der Waals surface area contributed by atoms with E-state index in [9.17, 15) is 0 Å². The van der Waals surface area contributed by atoms with Gasteiger partial charge >= 0.3 is 0 Å². The fraction of sp³-hybridized carbons (Fsp3) is 0.154. The third-order valence-corrected chi connectivity index (χ3v) is 5.41. The number of pyridine rings is 1. The van der Waals surface area contributed by atoms with Gasteiger partial charge in [0.25, 0.3) is 0 Å². The van der Waals surface area contributed by atoms with Gasteiger partial charge in [0.1, 0.15) is 17.2 Å². The first kappa shape index (κ1) is 19.1. The second-order valence-electron chi connectivity index (χ2n) is 7.46. The molecule has 5 heteroatoms. The molecule has 0 amide bonds. The van der Waals surface area contributed by atoms with Crippen LogP contribution in [0.3, 0.4) is 0 Å². The van der Waals surface area contributed by atoms with Gasteiger partial charge in [0.15, 0.2) is 0 Å². The lowest BCUT2D eigenvalue weighted by molar-refractivity contribution is 0.341. The summed E-state index contributed by atoms with van der Waals surface area (Å²) in [5, 5.41) is 7.03. The van der Waals surface area contributed by atoms with Crippen LogP contribution in [0.15, 0.2) is 72.9 Å². The van der Waals surface area contributed by atoms with Crippen molar-refractivity contribution in [3.05, 3.63) is 78.5 Å². The molecule has 0 radical (unpaired) electrons. The summed E-state index contributed by atoms with van der Waals surface area (Å²) >= 11 is 0. The zero-order chi connectivity index (χ0) is 21.4. The minimum absolute atomic E-state index is 0.612. The highest BCUT2D eigenvalue weighted by Gasteiger charge is 2.18. The van der Waals surface area contributed by atoms with Crippen LogP contribution in [0.1, 0.15) is 12.5 Å². The maximum absolute atomic E-state index is 5.77. The molecule has 0 atom stereocenters. The van der Waals surface area contributed by atoms with Gasteiger partial charge in [-0.2, -0.15) is 5.10 Å². The van der Waals surface area contributed by atoms with Crippen LogP contribution in [-0.4, -0.2) is 28.5 Å². The van der Waals surface area contributed by atoms with E-state index in [4.69, 9.17) is 19.6 Å². The Bertz CT molecular complexity index is 1390. The minimum atomic E-state index is 0.612. The molecule has 3 aromatic carbocycles. The number of rotatable bonds is 5. The number of methoxy groups -OCH3 is 1. The van der Waals surface area contributed by atoms with Crippen molar-refractivity contribution < 1.29 is 9.47 Å².